The lowest BCUT2D eigenvalue weighted by Crippen LogP contribution is -2.36. The fourth-order valence-corrected chi connectivity index (χ4v) is 2.35. The summed E-state index contributed by atoms with van der Waals surface area (Å²) >= 11 is 5.87. The quantitative estimate of drug-likeness (QED) is 0.601. The Morgan fingerprint density at radius 3 is 2.87 bits per heavy atom. The van der Waals surface area contributed by atoms with Crippen LogP contribution >= 0.6 is 11.6 Å². The molecule has 1 unspecified atom stereocenters. The minimum atomic E-state index is -0.294. The third kappa shape index (κ3) is 4.74. The van der Waals surface area contributed by atoms with Crippen LogP contribution in [0.4, 0.5) is 4.79 Å². The number of halogens is 1. The molecule has 1 saturated carbocycles. The van der Waals surface area contributed by atoms with Gasteiger partial charge >= 0.3 is 6.09 Å². The lowest BCUT2D eigenvalue weighted by atomic mass is 10.0. The van der Waals surface area contributed by atoms with Crippen LogP contribution in [0, 0.1) is 5.92 Å². The van der Waals surface area contributed by atoms with Gasteiger partial charge in [0.15, 0.2) is 0 Å². The molecule has 0 bridgehead atoms. The largest absolute Gasteiger partial charge is 0.450 e. The normalized spacial score (nSPS) is 26.8. The van der Waals surface area contributed by atoms with E-state index in [9.17, 15) is 4.79 Å². The molecule has 1 rings (SSSR count). The monoisotopic (exact) mass is 233 g/mol. The van der Waals surface area contributed by atoms with Crippen LogP contribution in [0.3, 0.4) is 0 Å². The maximum Gasteiger partial charge on any atom is 0.407 e. The molecule has 0 heterocycles. The highest BCUT2D eigenvalue weighted by Crippen LogP contribution is 2.24. The summed E-state index contributed by atoms with van der Waals surface area (Å²) in [4.78, 5) is 11.3. The topological polar surface area (TPSA) is 38.3 Å². The van der Waals surface area contributed by atoms with E-state index in [0.717, 1.165) is 12.8 Å². The fraction of sp³-hybridized carbons (Fsp3) is 0.909. The summed E-state index contributed by atoms with van der Waals surface area (Å²) in [6, 6.07) is 0.246. The number of rotatable bonds is 3. The van der Waals surface area contributed by atoms with Crippen molar-refractivity contribution in [1.82, 2.24) is 5.32 Å². The second kappa shape index (κ2) is 6.94. The molecule has 2 atom stereocenters. The Bertz CT molecular complexity index is 199. The Kier molecular flexibility index (Phi) is 5.84. The van der Waals surface area contributed by atoms with Gasteiger partial charge in [0.25, 0.3) is 0 Å². The van der Waals surface area contributed by atoms with Gasteiger partial charge in [-0.25, -0.2) is 4.79 Å². The van der Waals surface area contributed by atoms with Crippen molar-refractivity contribution in [2.24, 2.45) is 5.92 Å². The summed E-state index contributed by atoms with van der Waals surface area (Å²) in [5, 5.41) is 2.90. The molecular weight excluding hydrogens is 214 g/mol. The third-order valence-corrected chi connectivity index (χ3v) is 3.28. The lowest BCUT2D eigenvalue weighted by molar-refractivity contribution is 0.146. The van der Waals surface area contributed by atoms with Crippen LogP contribution in [0.15, 0.2) is 0 Å². The number of alkyl carbamates (subject to hydrolysis) is 1. The average Bonchev–Trinajstić information content (AvgIpc) is 2.43. The first-order valence-corrected chi connectivity index (χ1v) is 6.29. The summed E-state index contributed by atoms with van der Waals surface area (Å²) in [6.07, 6.45) is 5.32. The average molecular weight is 234 g/mol. The summed E-state index contributed by atoms with van der Waals surface area (Å²) in [7, 11) is 0. The molecular formula is C11H20ClNO2. The maximum absolute atomic E-state index is 11.3. The van der Waals surface area contributed by atoms with E-state index in [1.54, 1.807) is 0 Å². The molecule has 88 valence electrons. The molecule has 0 saturated heterocycles. The van der Waals surface area contributed by atoms with Crippen molar-refractivity contribution in [3.8, 4) is 0 Å². The van der Waals surface area contributed by atoms with Gasteiger partial charge < -0.3 is 10.1 Å². The van der Waals surface area contributed by atoms with E-state index in [0.29, 0.717) is 18.4 Å². The van der Waals surface area contributed by atoms with Gasteiger partial charge in [-0.15, -0.1) is 11.6 Å². The standard InChI is InChI=1S/C11H20ClNO2/c1-2-15-11(14)13-10-6-4-3-5-9(7-10)8-12/h9-10H,2-8H2,1H3,(H,13,14)/t9?,10-/m1/s1. The van der Waals surface area contributed by atoms with E-state index in [2.05, 4.69) is 5.32 Å². The van der Waals surface area contributed by atoms with Crippen molar-refractivity contribution < 1.29 is 9.53 Å². The Labute approximate surface area is 96.5 Å². The highest BCUT2D eigenvalue weighted by Gasteiger charge is 2.21. The highest BCUT2D eigenvalue weighted by atomic mass is 35.5. The molecule has 0 aromatic carbocycles. The van der Waals surface area contributed by atoms with E-state index in [4.69, 9.17) is 16.3 Å². The zero-order valence-corrected chi connectivity index (χ0v) is 10.1. The molecule has 0 radical (unpaired) electrons. The molecule has 1 amide bonds. The Morgan fingerprint density at radius 2 is 2.20 bits per heavy atom. The zero-order valence-electron chi connectivity index (χ0n) is 9.30. The number of amides is 1. The molecule has 1 N–H and O–H groups in total. The van der Waals surface area contributed by atoms with Crippen molar-refractivity contribution in [1.29, 1.82) is 0 Å². The van der Waals surface area contributed by atoms with Gasteiger partial charge in [0.05, 0.1) is 6.61 Å². The first kappa shape index (κ1) is 12.6. The number of hydrogen-bond acceptors (Lipinski definition) is 2. The van der Waals surface area contributed by atoms with Crippen LogP contribution < -0.4 is 5.32 Å². The van der Waals surface area contributed by atoms with Crippen LogP contribution in [-0.4, -0.2) is 24.6 Å². The zero-order chi connectivity index (χ0) is 11.1. The van der Waals surface area contributed by atoms with Crippen LogP contribution in [-0.2, 0) is 4.74 Å². The van der Waals surface area contributed by atoms with Crippen molar-refractivity contribution in [3.05, 3.63) is 0 Å². The highest BCUT2D eigenvalue weighted by molar-refractivity contribution is 6.18. The van der Waals surface area contributed by atoms with Gasteiger partial charge in [0, 0.05) is 11.9 Å². The van der Waals surface area contributed by atoms with E-state index in [-0.39, 0.29) is 12.1 Å². The van der Waals surface area contributed by atoms with Crippen molar-refractivity contribution >= 4 is 17.7 Å². The number of alkyl halides is 1. The van der Waals surface area contributed by atoms with E-state index in [1.807, 2.05) is 6.92 Å². The number of nitrogens with one attached hydrogen (secondary N) is 1. The second-order valence-electron chi connectivity index (χ2n) is 4.10. The Balaban J connectivity index is 2.35. The number of ether oxygens (including phenoxy) is 1. The minimum Gasteiger partial charge on any atom is -0.450 e. The van der Waals surface area contributed by atoms with Gasteiger partial charge in [-0.2, -0.15) is 0 Å². The van der Waals surface area contributed by atoms with E-state index in [1.165, 1.54) is 19.3 Å². The molecule has 4 heteroatoms. The molecule has 1 aliphatic rings. The number of carbonyl (C=O) groups is 1. The summed E-state index contributed by atoms with van der Waals surface area (Å²) in [5.41, 5.74) is 0. The van der Waals surface area contributed by atoms with Crippen molar-refractivity contribution in [3.63, 3.8) is 0 Å². The van der Waals surface area contributed by atoms with Gasteiger partial charge in [0.2, 0.25) is 0 Å². The Hall–Kier alpha value is -0.440. The minimum absolute atomic E-state index is 0.246. The molecule has 0 aromatic rings. The Morgan fingerprint density at radius 1 is 1.47 bits per heavy atom. The van der Waals surface area contributed by atoms with Gasteiger partial charge in [0.1, 0.15) is 0 Å². The van der Waals surface area contributed by atoms with Crippen molar-refractivity contribution in [2.45, 2.75) is 45.1 Å². The predicted molar refractivity (Wildman–Crippen MR) is 61.2 cm³/mol. The molecule has 1 aliphatic carbocycles. The molecule has 0 aliphatic heterocycles. The lowest BCUT2D eigenvalue weighted by Gasteiger charge is -2.19. The molecule has 15 heavy (non-hydrogen) atoms. The first-order chi connectivity index (χ1) is 7.26. The molecule has 3 nitrogen and oxygen atoms in total. The fourth-order valence-electron chi connectivity index (χ4n) is 2.07. The maximum atomic E-state index is 11.3. The van der Waals surface area contributed by atoms with Gasteiger partial charge in [-0.3, -0.25) is 0 Å². The van der Waals surface area contributed by atoms with E-state index >= 15 is 0 Å². The van der Waals surface area contributed by atoms with Crippen molar-refractivity contribution in [2.75, 3.05) is 12.5 Å². The predicted octanol–water partition coefficient (Wildman–Crippen LogP) is 2.92. The SMILES string of the molecule is CCOC(=O)N[C@@H]1CCCCC(CCl)C1. The van der Waals surface area contributed by atoms with Crippen LogP contribution in [0.5, 0.6) is 0 Å². The third-order valence-electron chi connectivity index (χ3n) is 2.85. The van der Waals surface area contributed by atoms with E-state index < -0.39 is 0 Å². The van der Waals surface area contributed by atoms with Crippen LogP contribution in [0.2, 0.25) is 0 Å². The van der Waals surface area contributed by atoms with Gasteiger partial charge in [-0.1, -0.05) is 12.8 Å². The molecule has 0 spiro atoms. The second-order valence-corrected chi connectivity index (χ2v) is 4.41. The van der Waals surface area contributed by atoms with Crippen LogP contribution in [0.1, 0.15) is 39.0 Å². The molecule has 0 aromatic heterocycles. The number of hydrogen-bond donors (Lipinski definition) is 1. The smallest absolute Gasteiger partial charge is 0.407 e. The first-order valence-electron chi connectivity index (χ1n) is 5.75. The molecule has 1 fully saturated rings. The van der Waals surface area contributed by atoms with Gasteiger partial charge in [-0.05, 0) is 32.1 Å². The number of carbonyl (C=O) groups excluding carboxylic acids is 1. The van der Waals surface area contributed by atoms with Crippen LogP contribution in [0.25, 0.3) is 0 Å². The summed E-state index contributed by atoms with van der Waals surface area (Å²) in [5.74, 6) is 1.24. The summed E-state index contributed by atoms with van der Waals surface area (Å²) < 4.78 is 4.87. The summed E-state index contributed by atoms with van der Waals surface area (Å²) in [6.45, 7) is 2.24.